The summed E-state index contributed by atoms with van der Waals surface area (Å²) >= 11 is 0. The molecule has 1 aromatic rings. The summed E-state index contributed by atoms with van der Waals surface area (Å²) in [5, 5.41) is 20.0. The van der Waals surface area contributed by atoms with Crippen LogP contribution in [0.1, 0.15) is 23.5 Å². The lowest BCUT2D eigenvalue weighted by molar-refractivity contribution is -0.207. The molecule has 0 aromatic carbocycles. The van der Waals surface area contributed by atoms with E-state index in [9.17, 15) is 18.0 Å². The standard InChI is InChI=1S/C9H7F3N2O4/c10-9(11,12)5-4-3(7(15)16)1-2-13-6(4)14-8(17)18-5/h1-2,5,7,15-16H,(H,13,14,17)/t5-/m1/s1. The van der Waals surface area contributed by atoms with E-state index in [-0.39, 0.29) is 0 Å². The molecule has 0 saturated heterocycles. The molecule has 0 bridgehead atoms. The van der Waals surface area contributed by atoms with Gasteiger partial charge >= 0.3 is 12.3 Å². The number of aliphatic hydroxyl groups excluding tert-OH is 1. The van der Waals surface area contributed by atoms with Gasteiger partial charge in [-0.15, -0.1) is 0 Å². The fourth-order valence-electron chi connectivity index (χ4n) is 1.61. The maximum absolute atomic E-state index is 12.7. The second-order valence-electron chi connectivity index (χ2n) is 3.49. The average molecular weight is 264 g/mol. The van der Waals surface area contributed by atoms with E-state index in [1.165, 1.54) is 0 Å². The molecular weight excluding hydrogens is 257 g/mol. The van der Waals surface area contributed by atoms with Gasteiger partial charge in [-0.1, -0.05) is 0 Å². The molecule has 6 nitrogen and oxygen atoms in total. The molecule has 0 saturated carbocycles. The Morgan fingerprint density at radius 2 is 2.11 bits per heavy atom. The lowest BCUT2D eigenvalue weighted by atomic mass is 10.0. The number of carbonyl (C=O) groups is 1. The molecule has 1 aliphatic rings. The SMILES string of the molecule is O=C1Nc2nccc(C(O)O)c2[C@H](C(F)(F)F)O1. The van der Waals surface area contributed by atoms with Crippen LogP contribution >= 0.6 is 0 Å². The Morgan fingerprint density at radius 1 is 1.44 bits per heavy atom. The van der Waals surface area contributed by atoms with E-state index in [1.54, 1.807) is 0 Å². The zero-order chi connectivity index (χ0) is 13.5. The first-order valence-corrected chi connectivity index (χ1v) is 4.70. The molecule has 0 spiro atoms. The quantitative estimate of drug-likeness (QED) is 0.663. The molecule has 0 radical (unpaired) electrons. The van der Waals surface area contributed by atoms with Crippen LogP contribution in [0.4, 0.5) is 23.8 Å². The largest absolute Gasteiger partial charge is 0.431 e. The Labute approximate surface area is 98.0 Å². The summed E-state index contributed by atoms with van der Waals surface area (Å²) in [4.78, 5) is 14.5. The number of nitrogens with zero attached hydrogens (tertiary/aromatic N) is 1. The second-order valence-corrected chi connectivity index (χ2v) is 3.49. The van der Waals surface area contributed by atoms with Crippen LogP contribution in [0.3, 0.4) is 0 Å². The molecule has 1 amide bonds. The Balaban J connectivity index is 2.61. The molecule has 9 heteroatoms. The highest BCUT2D eigenvalue weighted by Crippen LogP contribution is 2.43. The predicted octanol–water partition coefficient (Wildman–Crippen LogP) is 1.23. The van der Waals surface area contributed by atoms with Gasteiger partial charge in [-0.25, -0.2) is 9.78 Å². The van der Waals surface area contributed by atoms with E-state index in [4.69, 9.17) is 10.2 Å². The normalized spacial score (nSPS) is 19.2. The predicted molar refractivity (Wildman–Crippen MR) is 50.3 cm³/mol. The lowest BCUT2D eigenvalue weighted by Gasteiger charge is -2.29. The Kier molecular flexibility index (Phi) is 2.87. The zero-order valence-electron chi connectivity index (χ0n) is 8.60. The Bertz CT molecular complexity index is 489. The Hall–Kier alpha value is -1.87. The molecule has 0 fully saturated rings. The van der Waals surface area contributed by atoms with Gasteiger partial charge in [0.05, 0.1) is 5.56 Å². The van der Waals surface area contributed by atoms with Crippen molar-refractivity contribution in [3.05, 3.63) is 23.4 Å². The number of carbonyl (C=O) groups excluding carboxylic acids is 1. The van der Waals surface area contributed by atoms with Gasteiger partial charge in [-0.05, 0) is 6.07 Å². The molecule has 1 aliphatic heterocycles. The molecular formula is C9H7F3N2O4. The number of hydrogen-bond acceptors (Lipinski definition) is 5. The highest BCUT2D eigenvalue weighted by Gasteiger charge is 2.49. The van der Waals surface area contributed by atoms with Gasteiger partial charge < -0.3 is 14.9 Å². The van der Waals surface area contributed by atoms with Crippen LogP contribution in [-0.2, 0) is 4.74 Å². The van der Waals surface area contributed by atoms with Crippen LogP contribution in [0.25, 0.3) is 0 Å². The average Bonchev–Trinajstić information content (AvgIpc) is 2.25. The topological polar surface area (TPSA) is 91.7 Å². The first-order chi connectivity index (χ1) is 8.30. The Morgan fingerprint density at radius 3 is 2.67 bits per heavy atom. The summed E-state index contributed by atoms with van der Waals surface area (Å²) < 4.78 is 42.4. The fourth-order valence-corrected chi connectivity index (χ4v) is 1.61. The van der Waals surface area contributed by atoms with E-state index < -0.39 is 41.6 Å². The number of fused-ring (bicyclic) bond motifs is 1. The van der Waals surface area contributed by atoms with Gasteiger partial charge in [0.15, 0.2) is 6.29 Å². The van der Waals surface area contributed by atoms with Crippen LogP contribution in [0.15, 0.2) is 12.3 Å². The van der Waals surface area contributed by atoms with E-state index in [2.05, 4.69) is 9.72 Å². The molecule has 3 N–H and O–H groups in total. The van der Waals surface area contributed by atoms with Crippen molar-refractivity contribution >= 4 is 11.9 Å². The van der Waals surface area contributed by atoms with Crippen molar-refractivity contribution < 1.29 is 32.9 Å². The lowest BCUT2D eigenvalue weighted by Crippen LogP contribution is -2.35. The third kappa shape index (κ3) is 2.09. The summed E-state index contributed by atoms with van der Waals surface area (Å²) in [7, 11) is 0. The number of rotatable bonds is 1. The van der Waals surface area contributed by atoms with Crippen molar-refractivity contribution in [1.29, 1.82) is 0 Å². The number of pyridine rings is 1. The minimum atomic E-state index is -4.88. The number of hydrogen-bond donors (Lipinski definition) is 3. The van der Waals surface area contributed by atoms with Crippen molar-refractivity contribution in [2.75, 3.05) is 5.32 Å². The highest BCUT2D eigenvalue weighted by molar-refractivity contribution is 5.87. The first kappa shape index (κ1) is 12.6. The van der Waals surface area contributed by atoms with Crippen LogP contribution in [0.5, 0.6) is 0 Å². The molecule has 1 atom stereocenters. The van der Waals surface area contributed by atoms with Crippen LogP contribution < -0.4 is 5.32 Å². The smallest absolute Gasteiger partial charge is 0.430 e. The molecule has 2 heterocycles. The summed E-state index contributed by atoms with van der Waals surface area (Å²) in [5.74, 6) is -0.404. The number of nitrogens with one attached hydrogen (secondary N) is 1. The van der Waals surface area contributed by atoms with E-state index in [1.807, 2.05) is 5.32 Å². The van der Waals surface area contributed by atoms with Crippen molar-refractivity contribution in [2.45, 2.75) is 18.6 Å². The molecule has 2 rings (SSSR count). The zero-order valence-corrected chi connectivity index (χ0v) is 8.60. The van der Waals surface area contributed by atoms with Crippen LogP contribution in [0.2, 0.25) is 0 Å². The summed E-state index contributed by atoms with van der Waals surface area (Å²) in [6.07, 6.45) is -9.84. The number of anilines is 1. The third-order valence-electron chi connectivity index (χ3n) is 2.31. The second kappa shape index (κ2) is 4.10. The monoisotopic (exact) mass is 264 g/mol. The van der Waals surface area contributed by atoms with Gasteiger partial charge in [0.2, 0.25) is 6.10 Å². The number of aliphatic hydroxyl groups is 2. The van der Waals surface area contributed by atoms with E-state index >= 15 is 0 Å². The van der Waals surface area contributed by atoms with Crippen molar-refractivity contribution in [2.24, 2.45) is 0 Å². The first-order valence-electron chi connectivity index (χ1n) is 4.70. The fraction of sp³-hybridized carbons (Fsp3) is 0.333. The summed E-state index contributed by atoms with van der Waals surface area (Å²) in [5.41, 5.74) is -1.04. The van der Waals surface area contributed by atoms with Gasteiger partial charge in [0.25, 0.3) is 0 Å². The molecule has 1 aromatic heterocycles. The third-order valence-corrected chi connectivity index (χ3v) is 2.31. The maximum Gasteiger partial charge on any atom is 0.430 e. The minimum absolute atomic E-state index is 0.404. The van der Waals surface area contributed by atoms with Gasteiger partial charge in [-0.3, -0.25) is 5.32 Å². The van der Waals surface area contributed by atoms with E-state index in [0.717, 1.165) is 12.3 Å². The number of aromatic nitrogens is 1. The van der Waals surface area contributed by atoms with Gasteiger partial charge in [0, 0.05) is 11.8 Å². The van der Waals surface area contributed by atoms with Crippen LogP contribution in [0, 0.1) is 0 Å². The number of ether oxygens (including phenoxy) is 1. The van der Waals surface area contributed by atoms with Crippen molar-refractivity contribution in [1.82, 2.24) is 4.98 Å². The van der Waals surface area contributed by atoms with Crippen molar-refractivity contribution in [3.63, 3.8) is 0 Å². The van der Waals surface area contributed by atoms with Gasteiger partial charge in [-0.2, -0.15) is 13.2 Å². The summed E-state index contributed by atoms with van der Waals surface area (Å²) in [6, 6.07) is 1.00. The summed E-state index contributed by atoms with van der Waals surface area (Å²) in [6.45, 7) is 0. The van der Waals surface area contributed by atoms with Crippen molar-refractivity contribution in [3.8, 4) is 0 Å². The molecule has 0 aliphatic carbocycles. The number of alkyl halides is 3. The number of cyclic esters (lactones) is 1. The van der Waals surface area contributed by atoms with Gasteiger partial charge in [0.1, 0.15) is 5.82 Å². The van der Waals surface area contributed by atoms with Crippen LogP contribution in [-0.4, -0.2) is 27.5 Å². The minimum Gasteiger partial charge on any atom is -0.431 e. The number of amides is 1. The van der Waals surface area contributed by atoms with E-state index in [0.29, 0.717) is 0 Å². The molecule has 18 heavy (non-hydrogen) atoms. The highest BCUT2D eigenvalue weighted by atomic mass is 19.4. The molecule has 0 unspecified atom stereocenters. The maximum atomic E-state index is 12.7. The number of halogens is 3. The molecule has 98 valence electrons.